The number of nitrogens with zero attached hydrogens (tertiary/aromatic N) is 1. The van der Waals surface area contributed by atoms with Gasteiger partial charge in [0.2, 0.25) is 5.91 Å². The molecule has 0 spiro atoms. The van der Waals surface area contributed by atoms with Crippen LogP contribution in [-0.4, -0.2) is 56.3 Å². The maximum absolute atomic E-state index is 12.4. The Hall–Kier alpha value is -0.820. The van der Waals surface area contributed by atoms with Crippen LogP contribution in [0.4, 0.5) is 13.2 Å². The Morgan fingerprint density at radius 3 is 2.44 bits per heavy atom. The number of carbonyl (C=O) groups is 1. The quantitative estimate of drug-likeness (QED) is 0.731. The van der Waals surface area contributed by atoms with Crippen LogP contribution in [0.25, 0.3) is 0 Å². The third-order valence-corrected chi connectivity index (χ3v) is 5.68. The van der Waals surface area contributed by atoms with Crippen molar-refractivity contribution in [2.24, 2.45) is 17.8 Å². The molecular weight excluding hydrogens is 331 g/mol. The van der Waals surface area contributed by atoms with Crippen LogP contribution in [-0.2, 0) is 4.79 Å². The van der Waals surface area contributed by atoms with E-state index in [2.05, 4.69) is 17.6 Å². The highest BCUT2D eigenvalue weighted by atomic mass is 19.4. The highest BCUT2D eigenvalue weighted by Crippen LogP contribution is 2.25. The van der Waals surface area contributed by atoms with Gasteiger partial charge in [0.25, 0.3) is 0 Å². The number of carbonyl (C=O) groups excluding carboxylic acids is 1. The lowest BCUT2D eigenvalue weighted by Gasteiger charge is -2.32. The van der Waals surface area contributed by atoms with E-state index in [1.165, 1.54) is 4.90 Å². The molecule has 1 unspecified atom stereocenters. The number of alkyl halides is 3. The van der Waals surface area contributed by atoms with Crippen molar-refractivity contribution in [1.29, 1.82) is 0 Å². The molecule has 0 aliphatic carbocycles. The summed E-state index contributed by atoms with van der Waals surface area (Å²) in [5.74, 6) is 1.57. The zero-order valence-electron chi connectivity index (χ0n) is 15.2. The molecule has 7 heteroatoms. The van der Waals surface area contributed by atoms with Gasteiger partial charge in [-0.2, -0.15) is 13.2 Å². The van der Waals surface area contributed by atoms with E-state index < -0.39 is 12.7 Å². The number of piperidine rings is 2. The third-order valence-electron chi connectivity index (χ3n) is 5.68. The van der Waals surface area contributed by atoms with Gasteiger partial charge in [-0.15, -0.1) is 0 Å². The van der Waals surface area contributed by atoms with E-state index in [0.29, 0.717) is 43.8 Å². The molecule has 4 nitrogen and oxygen atoms in total. The van der Waals surface area contributed by atoms with E-state index in [-0.39, 0.29) is 5.91 Å². The first-order valence-corrected chi connectivity index (χ1v) is 9.60. The Morgan fingerprint density at radius 1 is 1.20 bits per heavy atom. The monoisotopic (exact) mass is 363 g/mol. The van der Waals surface area contributed by atoms with E-state index in [4.69, 9.17) is 0 Å². The molecule has 0 radical (unpaired) electrons. The number of hydrogen-bond acceptors (Lipinski definition) is 3. The second-order valence-electron chi connectivity index (χ2n) is 7.74. The SMILES string of the molecule is CC(CC(=O)NCCC1CCN(CC(F)(F)F)CC1)C1CCNCC1. The van der Waals surface area contributed by atoms with Gasteiger partial charge in [-0.25, -0.2) is 0 Å². The molecule has 0 aromatic rings. The summed E-state index contributed by atoms with van der Waals surface area (Å²) in [5, 5.41) is 6.34. The topological polar surface area (TPSA) is 44.4 Å². The molecule has 25 heavy (non-hydrogen) atoms. The molecule has 2 aliphatic heterocycles. The van der Waals surface area contributed by atoms with Gasteiger partial charge >= 0.3 is 6.18 Å². The Labute approximate surface area is 148 Å². The molecule has 0 bridgehead atoms. The fraction of sp³-hybridized carbons (Fsp3) is 0.944. The zero-order valence-corrected chi connectivity index (χ0v) is 15.2. The van der Waals surface area contributed by atoms with Crippen molar-refractivity contribution in [2.45, 2.75) is 51.6 Å². The van der Waals surface area contributed by atoms with Crippen LogP contribution >= 0.6 is 0 Å². The minimum Gasteiger partial charge on any atom is -0.356 e. The van der Waals surface area contributed by atoms with Crippen LogP contribution in [0.2, 0.25) is 0 Å². The van der Waals surface area contributed by atoms with Crippen molar-refractivity contribution < 1.29 is 18.0 Å². The van der Waals surface area contributed by atoms with Gasteiger partial charge in [0, 0.05) is 13.0 Å². The van der Waals surface area contributed by atoms with Crippen LogP contribution in [0, 0.1) is 17.8 Å². The molecule has 2 heterocycles. The summed E-state index contributed by atoms with van der Waals surface area (Å²) in [6.45, 7) is 5.10. The predicted octanol–water partition coefficient (Wildman–Crippen LogP) is 2.79. The highest BCUT2D eigenvalue weighted by molar-refractivity contribution is 5.76. The van der Waals surface area contributed by atoms with Gasteiger partial charge in [0.05, 0.1) is 6.54 Å². The summed E-state index contributed by atoms with van der Waals surface area (Å²) in [4.78, 5) is 13.6. The molecule has 2 fully saturated rings. The number of nitrogens with one attached hydrogen (secondary N) is 2. The fourth-order valence-electron chi connectivity index (χ4n) is 4.05. The molecule has 2 saturated heterocycles. The summed E-state index contributed by atoms with van der Waals surface area (Å²) >= 11 is 0. The Morgan fingerprint density at radius 2 is 1.84 bits per heavy atom. The van der Waals surface area contributed by atoms with Crippen molar-refractivity contribution in [3.05, 3.63) is 0 Å². The Kier molecular flexibility index (Phi) is 8.00. The summed E-state index contributed by atoms with van der Waals surface area (Å²) in [6, 6.07) is 0. The lowest BCUT2D eigenvalue weighted by molar-refractivity contribution is -0.148. The summed E-state index contributed by atoms with van der Waals surface area (Å²) in [6.07, 6.45) is 1.21. The number of likely N-dealkylation sites (tertiary alicyclic amines) is 1. The third kappa shape index (κ3) is 7.94. The van der Waals surface area contributed by atoms with Gasteiger partial charge < -0.3 is 10.6 Å². The average Bonchev–Trinajstić information content (AvgIpc) is 2.56. The van der Waals surface area contributed by atoms with E-state index in [1.807, 2.05) is 0 Å². The fourth-order valence-corrected chi connectivity index (χ4v) is 4.05. The number of halogens is 3. The van der Waals surface area contributed by atoms with Crippen molar-refractivity contribution in [2.75, 3.05) is 39.3 Å². The second-order valence-corrected chi connectivity index (χ2v) is 7.74. The minimum absolute atomic E-state index is 0.112. The van der Waals surface area contributed by atoms with E-state index >= 15 is 0 Å². The second kappa shape index (κ2) is 9.76. The number of hydrogen-bond donors (Lipinski definition) is 2. The zero-order chi connectivity index (χ0) is 18.3. The lowest BCUT2D eigenvalue weighted by atomic mass is 9.84. The van der Waals surface area contributed by atoms with Gasteiger partial charge in [-0.1, -0.05) is 6.92 Å². The first-order valence-electron chi connectivity index (χ1n) is 9.60. The molecule has 146 valence electrons. The minimum atomic E-state index is -4.11. The Bertz CT molecular complexity index is 403. The first kappa shape index (κ1) is 20.5. The summed E-state index contributed by atoms with van der Waals surface area (Å²) in [7, 11) is 0. The van der Waals surface area contributed by atoms with Gasteiger partial charge in [0.1, 0.15) is 0 Å². The smallest absolute Gasteiger partial charge is 0.356 e. The number of rotatable bonds is 7. The van der Waals surface area contributed by atoms with Gasteiger partial charge in [-0.3, -0.25) is 9.69 Å². The van der Waals surface area contributed by atoms with Crippen LogP contribution in [0.3, 0.4) is 0 Å². The van der Waals surface area contributed by atoms with E-state index in [9.17, 15) is 18.0 Å². The van der Waals surface area contributed by atoms with E-state index in [1.54, 1.807) is 0 Å². The first-order chi connectivity index (χ1) is 11.8. The molecule has 1 amide bonds. The maximum Gasteiger partial charge on any atom is 0.401 e. The highest BCUT2D eigenvalue weighted by Gasteiger charge is 2.32. The van der Waals surface area contributed by atoms with Crippen LogP contribution in [0.1, 0.15) is 45.4 Å². The molecule has 0 aromatic heterocycles. The normalized spacial score (nSPS) is 22.7. The summed E-state index contributed by atoms with van der Waals surface area (Å²) < 4.78 is 37.1. The van der Waals surface area contributed by atoms with E-state index in [0.717, 1.165) is 45.2 Å². The lowest BCUT2D eigenvalue weighted by Crippen LogP contribution is -2.40. The molecule has 1 atom stereocenters. The maximum atomic E-state index is 12.4. The molecule has 2 aliphatic rings. The van der Waals surface area contributed by atoms with Gasteiger partial charge in [-0.05, 0) is 76.0 Å². The molecule has 2 N–H and O–H groups in total. The van der Waals surface area contributed by atoms with Crippen molar-refractivity contribution >= 4 is 5.91 Å². The molecule has 0 saturated carbocycles. The predicted molar refractivity (Wildman–Crippen MR) is 92.2 cm³/mol. The average molecular weight is 363 g/mol. The van der Waals surface area contributed by atoms with Crippen LogP contribution in [0.5, 0.6) is 0 Å². The molecule has 2 rings (SSSR count). The van der Waals surface area contributed by atoms with Crippen LogP contribution in [0.15, 0.2) is 0 Å². The molecular formula is C18H32F3N3O. The van der Waals surface area contributed by atoms with Crippen molar-refractivity contribution in [3.8, 4) is 0 Å². The molecule has 0 aromatic carbocycles. The largest absolute Gasteiger partial charge is 0.401 e. The van der Waals surface area contributed by atoms with Crippen molar-refractivity contribution in [3.63, 3.8) is 0 Å². The number of amides is 1. The standard InChI is InChI=1S/C18H32F3N3O/c1-14(16-3-7-22-8-4-16)12-17(25)23-9-2-15-5-10-24(11-6-15)13-18(19,20)21/h14-16,22H,2-13H2,1H3,(H,23,25). The van der Waals surface area contributed by atoms with Crippen molar-refractivity contribution in [1.82, 2.24) is 15.5 Å². The summed E-state index contributed by atoms with van der Waals surface area (Å²) in [5.41, 5.74) is 0. The van der Waals surface area contributed by atoms with Crippen LogP contribution < -0.4 is 10.6 Å². The Balaban J connectivity index is 1.56. The van der Waals surface area contributed by atoms with Gasteiger partial charge in [0.15, 0.2) is 0 Å².